The number of benzene rings is 1. The lowest BCUT2D eigenvalue weighted by atomic mass is 10.1. The van der Waals surface area contributed by atoms with Crippen molar-refractivity contribution in [2.45, 2.75) is 25.7 Å². The van der Waals surface area contributed by atoms with Gasteiger partial charge in [0.25, 0.3) is 0 Å². The van der Waals surface area contributed by atoms with Crippen LogP contribution in [-0.4, -0.2) is 27.2 Å². The van der Waals surface area contributed by atoms with Crippen molar-refractivity contribution in [1.29, 1.82) is 0 Å². The van der Waals surface area contributed by atoms with E-state index in [0.717, 1.165) is 23.7 Å². The van der Waals surface area contributed by atoms with Crippen molar-refractivity contribution >= 4 is 29.7 Å². The van der Waals surface area contributed by atoms with Gasteiger partial charge >= 0.3 is 0 Å². The molecule has 2 N–H and O–H groups in total. The minimum atomic E-state index is 0.0609. The highest BCUT2D eigenvalue weighted by Gasteiger charge is 2.04. The minimum Gasteiger partial charge on any atom is -0.356 e. The van der Waals surface area contributed by atoms with Crippen LogP contribution in [-0.2, 0) is 24.7 Å². The van der Waals surface area contributed by atoms with E-state index in [0.29, 0.717) is 24.2 Å². The molecule has 0 aliphatic rings. The second-order valence-corrected chi connectivity index (χ2v) is 5.91. The van der Waals surface area contributed by atoms with Gasteiger partial charge in [-0.15, -0.1) is 0 Å². The predicted octanol–water partition coefficient (Wildman–Crippen LogP) is 2.81. The van der Waals surface area contributed by atoms with E-state index in [1.165, 1.54) is 5.56 Å². The van der Waals surface area contributed by atoms with Gasteiger partial charge in [0.1, 0.15) is 5.82 Å². The lowest BCUT2D eigenvalue weighted by Crippen LogP contribution is -2.26. The molecule has 0 fully saturated rings. The van der Waals surface area contributed by atoms with Crippen LogP contribution in [0.3, 0.4) is 0 Å². The number of aromatic nitrogens is 3. The summed E-state index contributed by atoms with van der Waals surface area (Å²) >= 11 is 10.9. The van der Waals surface area contributed by atoms with Crippen LogP contribution in [0.4, 0.5) is 0 Å². The van der Waals surface area contributed by atoms with Gasteiger partial charge in [0.15, 0.2) is 4.77 Å². The fourth-order valence-corrected chi connectivity index (χ4v) is 2.39. The molecule has 0 bridgehead atoms. The van der Waals surface area contributed by atoms with E-state index < -0.39 is 0 Å². The summed E-state index contributed by atoms with van der Waals surface area (Å²) in [5, 5.41) is 10.5. The van der Waals surface area contributed by atoms with E-state index >= 15 is 0 Å². The molecule has 0 saturated heterocycles. The average molecular weight is 339 g/mol. The molecular weight excluding hydrogens is 320 g/mol. The van der Waals surface area contributed by atoms with Crippen molar-refractivity contribution in [2.24, 2.45) is 7.05 Å². The number of nitrogens with zero attached hydrogens (tertiary/aromatic N) is 2. The summed E-state index contributed by atoms with van der Waals surface area (Å²) < 4.78 is 2.39. The van der Waals surface area contributed by atoms with E-state index in [1.807, 2.05) is 35.9 Å². The highest BCUT2D eigenvalue weighted by atomic mass is 35.5. The molecule has 1 heterocycles. The first-order chi connectivity index (χ1) is 10.6. The maximum atomic E-state index is 11.8. The topological polar surface area (TPSA) is 62.7 Å². The third kappa shape index (κ3) is 4.96. The summed E-state index contributed by atoms with van der Waals surface area (Å²) in [5.74, 6) is 0.900. The van der Waals surface area contributed by atoms with Gasteiger partial charge < -0.3 is 9.88 Å². The smallest absolute Gasteiger partial charge is 0.220 e. The summed E-state index contributed by atoms with van der Waals surface area (Å²) in [6, 6.07) is 7.72. The molecule has 0 aliphatic heterocycles. The van der Waals surface area contributed by atoms with Crippen LogP contribution in [0.25, 0.3) is 0 Å². The highest BCUT2D eigenvalue weighted by molar-refractivity contribution is 7.71. The minimum absolute atomic E-state index is 0.0609. The summed E-state index contributed by atoms with van der Waals surface area (Å²) in [7, 11) is 1.86. The SMILES string of the molecule is Cn1c(CCNC(=O)CCCc2ccc(Cl)cc2)n[nH]c1=S. The number of aryl methyl sites for hydroxylation is 1. The molecule has 1 amide bonds. The van der Waals surface area contributed by atoms with E-state index in [9.17, 15) is 4.79 Å². The van der Waals surface area contributed by atoms with E-state index in [4.69, 9.17) is 23.8 Å². The summed E-state index contributed by atoms with van der Waals surface area (Å²) in [6.07, 6.45) is 2.87. The maximum absolute atomic E-state index is 11.8. The first-order valence-corrected chi connectivity index (χ1v) is 7.96. The average Bonchev–Trinajstić information content (AvgIpc) is 2.81. The number of nitrogens with one attached hydrogen (secondary N) is 2. The molecule has 0 aliphatic carbocycles. The first-order valence-electron chi connectivity index (χ1n) is 7.17. The van der Waals surface area contributed by atoms with Crippen LogP contribution in [0.1, 0.15) is 24.2 Å². The van der Waals surface area contributed by atoms with Crippen LogP contribution in [0.15, 0.2) is 24.3 Å². The third-order valence-electron chi connectivity index (χ3n) is 3.43. The zero-order valence-corrected chi connectivity index (χ0v) is 14.0. The molecular formula is C15H19ClN4OS. The zero-order chi connectivity index (χ0) is 15.9. The number of hydrogen-bond donors (Lipinski definition) is 2. The Morgan fingerprint density at radius 1 is 1.36 bits per heavy atom. The van der Waals surface area contributed by atoms with Crippen molar-refractivity contribution in [2.75, 3.05) is 6.54 Å². The number of amides is 1. The molecule has 2 aromatic rings. The number of aromatic amines is 1. The van der Waals surface area contributed by atoms with Gasteiger partial charge in [0, 0.05) is 31.5 Å². The molecule has 0 spiro atoms. The Labute approximate surface area is 139 Å². The van der Waals surface area contributed by atoms with E-state index in [-0.39, 0.29) is 5.91 Å². The fourth-order valence-electron chi connectivity index (χ4n) is 2.11. The van der Waals surface area contributed by atoms with Crippen molar-refractivity contribution < 1.29 is 4.79 Å². The molecule has 0 saturated carbocycles. The fraction of sp³-hybridized carbons (Fsp3) is 0.400. The molecule has 22 heavy (non-hydrogen) atoms. The normalized spacial score (nSPS) is 10.6. The molecule has 1 aromatic heterocycles. The molecule has 118 valence electrons. The number of halogens is 1. The molecule has 1 aromatic carbocycles. The van der Waals surface area contributed by atoms with Crippen LogP contribution < -0.4 is 5.32 Å². The maximum Gasteiger partial charge on any atom is 0.220 e. The molecule has 7 heteroatoms. The van der Waals surface area contributed by atoms with Crippen LogP contribution in [0, 0.1) is 4.77 Å². The van der Waals surface area contributed by atoms with Gasteiger partial charge in [-0.2, -0.15) is 5.10 Å². The Kier molecular flexibility index (Phi) is 6.15. The predicted molar refractivity (Wildman–Crippen MR) is 89.5 cm³/mol. The third-order valence-corrected chi connectivity index (χ3v) is 4.04. The monoisotopic (exact) mass is 338 g/mol. The quantitative estimate of drug-likeness (QED) is 0.763. The second kappa shape index (κ2) is 8.10. The Morgan fingerprint density at radius 2 is 2.09 bits per heavy atom. The largest absolute Gasteiger partial charge is 0.356 e. The van der Waals surface area contributed by atoms with E-state index in [2.05, 4.69) is 15.5 Å². The molecule has 5 nitrogen and oxygen atoms in total. The van der Waals surface area contributed by atoms with Crippen molar-refractivity contribution in [3.8, 4) is 0 Å². The zero-order valence-electron chi connectivity index (χ0n) is 12.4. The number of carbonyl (C=O) groups excluding carboxylic acids is 1. The van der Waals surface area contributed by atoms with Gasteiger partial charge in [-0.25, -0.2) is 0 Å². The standard InChI is InChI=1S/C15H19ClN4OS/c1-20-13(18-19-15(20)22)9-10-17-14(21)4-2-3-11-5-7-12(16)8-6-11/h5-8H,2-4,9-10H2,1H3,(H,17,21)(H,19,22). The second-order valence-electron chi connectivity index (χ2n) is 5.08. The molecule has 0 atom stereocenters. The van der Waals surface area contributed by atoms with Gasteiger partial charge in [0.05, 0.1) is 0 Å². The summed E-state index contributed by atoms with van der Waals surface area (Å²) in [5.41, 5.74) is 1.19. The molecule has 0 radical (unpaired) electrons. The number of hydrogen-bond acceptors (Lipinski definition) is 3. The highest BCUT2D eigenvalue weighted by Crippen LogP contribution is 2.11. The summed E-state index contributed by atoms with van der Waals surface area (Å²) in [6.45, 7) is 0.563. The number of rotatable bonds is 7. The van der Waals surface area contributed by atoms with Gasteiger partial charge in [0.2, 0.25) is 5.91 Å². The van der Waals surface area contributed by atoms with E-state index in [1.54, 1.807) is 0 Å². The number of H-pyrrole nitrogens is 1. The van der Waals surface area contributed by atoms with Crippen LogP contribution >= 0.6 is 23.8 Å². The molecule has 0 unspecified atom stereocenters. The Morgan fingerprint density at radius 3 is 2.73 bits per heavy atom. The molecule has 2 rings (SSSR count). The van der Waals surface area contributed by atoms with Gasteiger partial charge in [-0.1, -0.05) is 23.7 Å². The first kappa shape index (κ1) is 16.7. The van der Waals surface area contributed by atoms with Gasteiger partial charge in [-0.3, -0.25) is 9.89 Å². The van der Waals surface area contributed by atoms with Gasteiger partial charge in [-0.05, 0) is 42.8 Å². The lowest BCUT2D eigenvalue weighted by molar-refractivity contribution is -0.121. The van der Waals surface area contributed by atoms with Crippen molar-refractivity contribution in [3.63, 3.8) is 0 Å². The number of carbonyl (C=O) groups is 1. The Hall–Kier alpha value is -1.66. The summed E-state index contributed by atoms with van der Waals surface area (Å²) in [4.78, 5) is 11.8. The Balaban J connectivity index is 1.64. The van der Waals surface area contributed by atoms with Crippen molar-refractivity contribution in [1.82, 2.24) is 20.1 Å². The van der Waals surface area contributed by atoms with Crippen LogP contribution in [0.2, 0.25) is 5.02 Å². The van der Waals surface area contributed by atoms with Crippen LogP contribution in [0.5, 0.6) is 0 Å². The van der Waals surface area contributed by atoms with Crippen molar-refractivity contribution in [3.05, 3.63) is 45.4 Å². The Bertz CT molecular complexity index is 678. The lowest BCUT2D eigenvalue weighted by Gasteiger charge is -2.05.